The molecule has 0 fully saturated rings. The van der Waals surface area contributed by atoms with Crippen LogP contribution in [0.1, 0.15) is 23.7 Å². The van der Waals surface area contributed by atoms with E-state index < -0.39 is 12.6 Å². The molecule has 0 amide bonds. The number of aliphatic hydroxyl groups is 1. The summed E-state index contributed by atoms with van der Waals surface area (Å²) in [6.07, 6.45) is -1.59. The smallest absolute Gasteiger partial charge is 0.186 e. The second-order valence-electron chi connectivity index (χ2n) is 3.88. The van der Waals surface area contributed by atoms with Gasteiger partial charge in [0.15, 0.2) is 12.6 Å². The first-order valence-electron chi connectivity index (χ1n) is 5.77. The van der Waals surface area contributed by atoms with Crippen molar-refractivity contribution in [3.05, 3.63) is 71.8 Å². The highest BCUT2D eigenvalue weighted by molar-refractivity contribution is 5.18. The minimum atomic E-state index is -1.00. The maximum absolute atomic E-state index is 9.98. The van der Waals surface area contributed by atoms with E-state index in [1.807, 2.05) is 60.7 Å². The Morgan fingerprint density at radius 2 is 1.33 bits per heavy atom. The first kappa shape index (κ1) is 12.8. The Balaban J connectivity index is 2.07. The molecular formula is C15H16O3. The lowest BCUT2D eigenvalue weighted by atomic mass is 10.2. The van der Waals surface area contributed by atoms with Crippen LogP contribution in [0.25, 0.3) is 0 Å². The number of aliphatic hydroxyl groups excluding tert-OH is 1. The van der Waals surface area contributed by atoms with Gasteiger partial charge in [-0.15, -0.1) is 0 Å². The monoisotopic (exact) mass is 244 g/mol. The second-order valence-corrected chi connectivity index (χ2v) is 3.88. The molecule has 2 atom stereocenters. The fraction of sp³-hybridized carbons (Fsp3) is 0.200. The molecule has 3 nitrogen and oxygen atoms in total. The molecule has 18 heavy (non-hydrogen) atoms. The highest BCUT2D eigenvalue weighted by atomic mass is 16.7. The second kappa shape index (κ2) is 6.31. The minimum Gasteiger partial charge on any atom is -0.364 e. The lowest BCUT2D eigenvalue weighted by Crippen LogP contribution is -2.11. The molecule has 0 aliphatic heterocycles. The maximum Gasteiger partial charge on any atom is 0.186 e. The van der Waals surface area contributed by atoms with Crippen molar-refractivity contribution in [2.24, 2.45) is 0 Å². The molecule has 0 radical (unpaired) electrons. The van der Waals surface area contributed by atoms with Crippen LogP contribution in [0.15, 0.2) is 60.7 Å². The van der Waals surface area contributed by atoms with Crippen LogP contribution in [0.3, 0.4) is 0 Å². The van der Waals surface area contributed by atoms with Crippen molar-refractivity contribution in [1.29, 1.82) is 0 Å². The molecule has 0 heterocycles. The molecule has 0 saturated carbocycles. The summed E-state index contributed by atoms with van der Waals surface area (Å²) in [7, 11) is 1.55. The van der Waals surface area contributed by atoms with Gasteiger partial charge in [-0.25, -0.2) is 0 Å². The molecule has 0 aliphatic carbocycles. The summed E-state index contributed by atoms with van der Waals surface area (Å²) < 4.78 is 10.8. The van der Waals surface area contributed by atoms with Gasteiger partial charge in [0.1, 0.15) is 0 Å². The van der Waals surface area contributed by atoms with Crippen molar-refractivity contribution in [3.8, 4) is 0 Å². The number of methoxy groups -OCH3 is 1. The largest absolute Gasteiger partial charge is 0.364 e. The predicted molar refractivity (Wildman–Crippen MR) is 68.7 cm³/mol. The maximum atomic E-state index is 9.98. The van der Waals surface area contributed by atoms with Crippen molar-refractivity contribution >= 4 is 0 Å². The highest BCUT2D eigenvalue weighted by Gasteiger charge is 2.16. The minimum absolute atomic E-state index is 0.582. The van der Waals surface area contributed by atoms with Crippen LogP contribution in [0, 0.1) is 0 Å². The molecule has 2 aromatic rings. The third-order valence-electron chi connectivity index (χ3n) is 2.62. The Kier molecular flexibility index (Phi) is 4.47. The molecule has 2 aromatic carbocycles. The van der Waals surface area contributed by atoms with E-state index in [1.165, 1.54) is 0 Å². The van der Waals surface area contributed by atoms with Gasteiger partial charge in [0.25, 0.3) is 0 Å². The average molecular weight is 244 g/mol. The lowest BCUT2D eigenvalue weighted by molar-refractivity contribution is -0.227. The summed E-state index contributed by atoms with van der Waals surface area (Å²) >= 11 is 0. The summed E-state index contributed by atoms with van der Waals surface area (Å²) in [6.45, 7) is 0. The van der Waals surface area contributed by atoms with Crippen molar-refractivity contribution in [2.45, 2.75) is 12.6 Å². The van der Waals surface area contributed by atoms with Crippen molar-refractivity contribution in [1.82, 2.24) is 0 Å². The number of hydrogen-bond donors (Lipinski definition) is 1. The molecule has 1 N–H and O–H groups in total. The van der Waals surface area contributed by atoms with Gasteiger partial charge in [-0.3, -0.25) is 0 Å². The fourth-order valence-electron chi connectivity index (χ4n) is 1.69. The number of rotatable bonds is 5. The number of ether oxygens (including phenoxy) is 2. The lowest BCUT2D eigenvalue weighted by Gasteiger charge is -2.20. The molecule has 0 bridgehead atoms. The third-order valence-corrected chi connectivity index (χ3v) is 2.62. The third kappa shape index (κ3) is 3.17. The van der Waals surface area contributed by atoms with Gasteiger partial charge in [0.2, 0.25) is 0 Å². The van der Waals surface area contributed by atoms with E-state index in [9.17, 15) is 5.11 Å². The Morgan fingerprint density at radius 1 is 0.833 bits per heavy atom. The SMILES string of the molecule is COC(OC(O)c1ccccc1)c1ccccc1. The van der Waals surface area contributed by atoms with Crippen molar-refractivity contribution in [2.75, 3.05) is 7.11 Å². The van der Waals surface area contributed by atoms with E-state index in [4.69, 9.17) is 9.47 Å². The molecule has 94 valence electrons. The Morgan fingerprint density at radius 3 is 1.83 bits per heavy atom. The van der Waals surface area contributed by atoms with E-state index >= 15 is 0 Å². The van der Waals surface area contributed by atoms with Crippen LogP contribution in [0.2, 0.25) is 0 Å². The zero-order valence-corrected chi connectivity index (χ0v) is 10.2. The van der Waals surface area contributed by atoms with Gasteiger partial charge in [-0.05, 0) is 0 Å². The molecule has 0 saturated heterocycles. The summed E-state index contributed by atoms with van der Waals surface area (Å²) in [5, 5.41) is 9.98. The first-order valence-corrected chi connectivity index (χ1v) is 5.77. The quantitative estimate of drug-likeness (QED) is 0.822. The number of benzene rings is 2. The molecular weight excluding hydrogens is 228 g/mol. The van der Waals surface area contributed by atoms with E-state index in [2.05, 4.69) is 0 Å². The van der Waals surface area contributed by atoms with E-state index in [-0.39, 0.29) is 0 Å². The molecule has 0 aliphatic rings. The van der Waals surface area contributed by atoms with Gasteiger partial charge in [-0.2, -0.15) is 0 Å². The summed E-state index contributed by atoms with van der Waals surface area (Å²) in [5.74, 6) is 0. The van der Waals surface area contributed by atoms with Crippen LogP contribution >= 0.6 is 0 Å². The highest BCUT2D eigenvalue weighted by Crippen LogP contribution is 2.25. The molecule has 0 spiro atoms. The Bertz CT molecular complexity index is 456. The van der Waals surface area contributed by atoms with E-state index in [1.54, 1.807) is 7.11 Å². The Labute approximate surface area is 107 Å². The van der Waals surface area contributed by atoms with Crippen LogP contribution in [-0.2, 0) is 9.47 Å². The van der Waals surface area contributed by atoms with Gasteiger partial charge < -0.3 is 14.6 Å². The molecule has 2 rings (SSSR count). The van der Waals surface area contributed by atoms with Gasteiger partial charge in [-0.1, -0.05) is 60.7 Å². The fourth-order valence-corrected chi connectivity index (χ4v) is 1.69. The normalized spacial score (nSPS) is 14.1. The summed E-state index contributed by atoms with van der Waals surface area (Å²) in [6, 6.07) is 18.7. The standard InChI is InChI=1S/C15H16O3/c1-17-15(13-10-6-3-7-11-13)18-14(16)12-8-4-2-5-9-12/h2-11,14-16H,1H3. The van der Waals surface area contributed by atoms with Gasteiger partial charge in [0, 0.05) is 18.2 Å². The average Bonchev–Trinajstić information content (AvgIpc) is 2.46. The number of hydrogen-bond acceptors (Lipinski definition) is 3. The molecule has 2 unspecified atom stereocenters. The first-order chi connectivity index (χ1) is 8.81. The molecule has 0 aromatic heterocycles. The van der Waals surface area contributed by atoms with E-state index in [0.29, 0.717) is 5.56 Å². The summed E-state index contributed by atoms with van der Waals surface area (Å²) in [4.78, 5) is 0. The van der Waals surface area contributed by atoms with Crippen LogP contribution in [0.4, 0.5) is 0 Å². The van der Waals surface area contributed by atoms with E-state index in [0.717, 1.165) is 5.56 Å². The van der Waals surface area contributed by atoms with Crippen molar-refractivity contribution < 1.29 is 14.6 Å². The van der Waals surface area contributed by atoms with Crippen LogP contribution in [-0.4, -0.2) is 12.2 Å². The van der Waals surface area contributed by atoms with Crippen molar-refractivity contribution in [3.63, 3.8) is 0 Å². The van der Waals surface area contributed by atoms with Crippen LogP contribution < -0.4 is 0 Å². The zero-order valence-electron chi connectivity index (χ0n) is 10.2. The summed E-state index contributed by atoms with van der Waals surface area (Å²) in [5.41, 5.74) is 1.57. The zero-order chi connectivity index (χ0) is 12.8. The van der Waals surface area contributed by atoms with Gasteiger partial charge in [0.05, 0.1) is 0 Å². The topological polar surface area (TPSA) is 38.7 Å². The predicted octanol–water partition coefficient (Wildman–Crippen LogP) is 3.04. The van der Waals surface area contributed by atoms with Crippen LogP contribution in [0.5, 0.6) is 0 Å². The molecule has 3 heteroatoms. The van der Waals surface area contributed by atoms with Gasteiger partial charge >= 0.3 is 0 Å². The Hall–Kier alpha value is -1.68.